The second-order valence-corrected chi connectivity index (χ2v) is 9.67. The van der Waals surface area contributed by atoms with Gasteiger partial charge in [0.25, 0.3) is 0 Å². The topological polar surface area (TPSA) is 51.8 Å². The maximum atomic E-state index is 5.53. The number of nitrogens with two attached hydrogens (primary N) is 1. The summed E-state index contributed by atoms with van der Waals surface area (Å²) in [5, 5.41) is 6.81. The third-order valence-electron chi connectivity index (χ3n) is 4.47. The summed E-state index contributed by atoms with van der Waals surface area (Å²) in [6.45, 7) is 4.43. The van der Waals surface area contributed by atoms with E-state index in [2.05, 4.69) is 60.2 Å². The molecule has 0 unspecified atom stereocenters. The van der Waals surface area contributed by atoms with Gasteiger partial charge in [-0.2, -0.15) is 0 Å². The number of unbranched alkanes of at least 4 members (excludes halogenated alkanes) is 2. The van der Waals surface area contributed by atoms with E-state index in [1.807, 2.05) is 17.4 Å². The van der Waals surface area contributed by atoms with Crippen molar-refractivity contribution in [3.63, 3.8) is 0 Å². The van der Waals surface area contributed by atoms with Crippen LogP contribution < -0.4 is 5.14 Å². The number of hydrogen-bond acceptors (Lipinski definition) is 6. The van der Waals surface area contributed by atoms with Gasteiger partial charge < -0.3 is 0 Å². The van der Waals surface area contributed by atoms with E-state index in [0.29, 0.717) is 0 Å². The molecule has 6 heteroatoms. The molecular weight excluding hydrogens is 402 g/mol. The summed E-state index contributed by atoms with van der Waals surface area (Å²) < 4.78 is 3.51. The Kier molecular flexibility index (Phi) is 8.27. The molecule has 0 amide bonds. The normalized spacial score (nSPS) is 11.0. The monoisotopic (exact) mass is 429 g/mol. The Balaban J connectivity index is 0.000000162. The van der Waals surface area contributed by atoms with Crippen molar-refractivity contribution in [3.05, 3.63) is 53.0 Å². The van der Waals surface area contributed by atoms with Crippen molar-refractivity contribution in [3.8, 4) is 0 Å². The second kappa shape index (κ2) is 10.9. The van der Waals surface area contributed by atoms with Crippen LogP contribution in [0.2, 0.25) is 0 Å². The predicted octanol–water partition coefficient (Wildman–Crippen LogP) is 7.24. The molecule has 4 aromatic rings. The van der Waals surface area contributed by atoms with Crippen LogP contribution in [-0.2, 0) is 12.8 Å². The van der Waals surface area contributed by atoms with Gasteiger partial charge in [-0.15, -0.1) is 22.7 Å². The van der Waals surface area contributed by atoms with Gasteiger partial charge in [-0.1, -0.05) is 51.0 Å². The molecular formula is C22H27N3S3. The van der Waals surface area contributed by atoms with Crippen LogP contribution in [0.1, 0.15) is 50.1 Å². The summed E-state index contributed by atoms with van der Waals surface area (Å²) in [5.74, 6) is 0. The Labute approximate surface area is 179 Å². The van der Waals surface area contributed by atoms with Gasteiger partial charge in [0, 0.05) is 0 Å². The lowest BCUT2D eigenvalue weighted by molar-refractivity contribution is 0.791. The lowest BCUT2D eigenvalue weighted by Gasteiger charge is -1.99. The summed E-state index contributed by atoms with van der Waals surface area (Å²) in [6, 6.07) is 14.7. The summed E-state index contributed by atoms with van der Waals surface area (Å²) in [7, 11) is 0. The van der Waals surface area contributed by atoms with Crippen LogP contribution in [0.15, 0.2) is 46.8 Å². The van der Waals surface area contributed by atoms with E-state index >= 15 is 0 Å². The number of nitrogens with zero attached hydrogens (tertiary/aromatic N) is 2. The maximum Gasteiger partial charge on any atom is 0.165 e. The standard InChI is InChI=1S/C11H14N2S2.C11H13NS/c1-2-3-5-8-6-4-7-9-10(8)13-11(14-9)15-12;1-2-3-8-11-12-9-6-4-5-7-10(9)13-11/h4,6-7H,2-3,5,12H2,1H3;4-7H,2-3,8H2,1H3. The highest BCUT2D eigenvalue weighted by atomic mass is 32.2. The lowest BCUT2D eigenvalue weighted by Crippen LogP contribution is -1.86. The molecule has 3 nitrogen and oxygen atoms in total. The zero-order valence-electron chi connectivity index (χ0n) is 16.5. The van der Waals surface area contributed by atoms with Crippen LogP contribution >= 0.6 is 34.6 Å². The Morgan fingerprint density at radius 3 is 2.36 bits per heavy atom. The first-order valence-electron chi connectivity index (χ1n) is 9.84. The minimum atomic E-state index is 0.953. The van der Waals surface area contributed by atoms with Crippen LogP contribution in [0, 0.1) is 0 Å². The fraction of sp³-hybridized carbons (Fsp3) is 0.364. The van der Waals surface area contributed by atoms with Gasteiger partial charge in [-0.05, 0) is 61.4 Å². The van der Waals surface area contributed by atoms with E-state index in [4.69, 9.17) is 5.14 Å². The Morgan fingerprint density at radius 2 is 1.61 bits per heavy atom. The molecule has 2 aromatic carbocycles. The smallest absolute Gasteiger partial charge is 0.165 e. The van der Waals surface area contributed by atoms with Crippen molar-refractivity contribution < 1.29 is 0 Å². The number of aromatic nitrogens is 2. The number of aryl methyl sites for hydroxylation is 2. The zero-order chi connectivity index (χ0) is 19.8. The molecule has 0 radical (unpaired) electrons. The molecule has 4 rings (SSSR count). The minimum Gasteiger partial charge on any atom is -0.272 e. The van der Waals surface area contributed by atoms with Gasteiger partial charge in [0.2, 0.25) is 0 Å². The predicted molar refractivity (Wildman–Crippen MR) is 127 cm³/mol. The summed E-state index contributed by atoms with van der Waals surface area (Å²) in [6.07, 6.45) is 7.19. The van der Waals surface area contributed by atoms with Crippen LogP contribution in [0.4, 0.5) is 0 Å². The molecule has 2 aromatic heterocycles. The van der Waals surface area contributed by atoms with Crippen molar-refractivity contribution >= 4 is 55.1 Å². The number of hydrogen-bond donors (Lipinski definition) is 1. The number of thiazole rings is 2. The molecule has 0 saturated carbocycles. The molecule has 0 aliphatic heterocycles. The Hall–Kier alpha value is -1.47. The van der Waals surface area contributed by atoms with Crippen molar-refractivity contribution in [2.24, 2.45) is 5.14 Å². The van der Waals surface area contributed by atoms with E-state index in [9.17, 15) is 0 Å². The minimum absolute atomic E-state index is 0.953. The number of benzene rings is 2. The number of fused-ring (bicyclic) bond motifs is 2. The van der Waals surface area contributed by atoms with E-state index in [1.54, 1.807) is 11.3 Å². The van der Waals surface area contributed by atoms with E-state index in [0.717, 1.165) is 28.2 Å². The Morgan fingerprint density at radius 1 is 0.857 bits per heavy atom. The highest BCUT2D eigenvalue weighted by Crippen LogP contribution is 2.29. The highest BCUT2D eigenvalue weighted by Gasteiger charge is 2.07. The van der Waals surface area contributed by atoms with Crippen LogP contribution in [-0.4, -0.2) is 9.97 Å². The van der Waals surface area contributed by atoms with E-state index < -0.39 is 0 Å². The quantitative estimate of drug-likeness (QED) is 0.314. The van der Waals surface area contributed by atoms with Crippen molar-refractivity contribution in [2.45, 2.75) is 56.7 Å². The summed E-state index contributed by atoms with van der Waals surface area (Å²) in [4.78, 5) is 9.11. The van der Waals surface area contributed by atoms with Crippen molar-refractivity contribution in [1.29, 1.82) is 0 Å². The molecule has 0 bridgehead atoms. The molecule has 28 heavy (non-hydrogen) atoms. The Bertz CT molecular complexity index is 974. The third kappa shape index (κ3) is 5.54. The first-order valence-corrected chi connectivity index (χ1v) is 12.4. The maximum absolute atomic E-state index is 5.53. The van der Waals surface area contributed by atoms with Gasteiger partial charge in [0.15, 0.2) is 4.34 Å². The molecule has 0 spiro atoms. The van der Waals surface area contributed by atoms with Gasteiger partial charge >= 0.3 is 0 Å². The molecule has 0 aliphatic rings. The summed E-state index contributed by atoms with van der Waals surface area (Å²) in [5.41, 5.74) is 3.65. The number of rotatable bonds is 7. The first kappa shape index (κ1) is 21.2. The van der Waals surface area contributed by atoms with Crippen LogP contribution in [0.25, 0.3) is 20.4 Å². The third-order valence-corrected chi connectivity index (χ3v) is 7.21. The van der Waals surface area contributed by atoms with Crippen LogP contribution in [0.5, 0.6) is 0 Å². The largest absolute Gasteiger partial charge is 0.272 e. The van der Waals surface area contributed by atoms with Gasteiger partial charge in [-0.25, -0.2) is 9.97 Å². The van der Waals surface area contributed by atoms with E-state index in [1.165, 1.54) is 57.6 Å². The van der Waals surface area contributed by atoms with Crippen LogP contribution in [0.3, 0.4) is 0 Å². The average Bonchev–Trinajstić information content (AvgIpc) is 3.34. The fourth-order valence-electron chi connectivity index (χ4n) is 2.96. The SMILES string of the molecule is CCCCc1cccc2sc(SN)nc12.CCCCc1nc2ccccc2s1. The lowest BCUT2D eigenvalue weighted by atomic mass is 10.1. The number of para-hydroxylation sites is 2. The molecule has 0 aliphatic carbocycles. The molecule has 0 fully saturated rings. The molecule has 0 atom stereocenters. The second-order valence-electron chi connectivity index (χ2n) is 6.64. The summed E-state index contributed by atoms with van der Waals surface area (Å²) >= 11 is 4.73. The molecule has 148 valence electrons. The zero-order valence-corrected chi connectivity index (χ0v) is 18.9. The van der Waals surface area contributed by atoms with Gasteiger partial charge in [-0.3, -0.25) is 5.14 Å². The van der Waals surface area contributed by atoms with Gasteiger partial charge in [0.1, 0.15) is 0 Å². The molecule has 2 N–H and O–H groups in total. The van der Waals surface area contributed by atoms with E-state index in [-0.39, 0.29) is 0 Å². The van der Waals surface area contributed by atoms with Gasteiger partial charge in [0.05, 0.1) is 25.4 Å². The molecule has 2 heterocycles. The average molecular weight is 430 g/mol. The van der Waals surface area contributed by atoms with Crippen molar-refractivity contribution in [1.82, 2.24) is 9.97 Å². The highest BCUT2D eigenvalue weighted by molar-refractivity contribution is 7.99. The molecule has 0 saturated heterocycles. The first-order chi connectivity index (χ1) is 13.7. The van der Waals surface area contributed by atoms with Crippen molar-refractivity contribution in [2.75, 3.05) is 0 Å². The fourth-order valence-corrected chi connectivity index (χ4v) is 5.32.